The third kappa shape index (κ3) is 10.8. The van der Waals surface area contributed by atoms with E-state index in [-0.39, 0.29) is 36.6 Å². The van der Waals surface area contributed by atoms with Gasteiger partial charge in [0.25, 0.3) is 0 Å². The van der Waals surface area contributed by atoms with Crippen LogP contribution < -0.4 is 5.32 Å². The molecule has 1 aliphatic carbocycles. The number of aliphatic hydroxyl groups excluding tert-OH is 1. The lowest BCUT2D eigenvalue weighted by atomic mass is 9.85. The predicted octanol–water partition coefficient (Wildman–Crippen LogP) is 12.1. The van der Waals surface area contributed by atoms with Crippen LogP contribution in [0.4, 0.5) is 0 Å². The number of rotatable bonds is 20. The number of hydrogen-bond acceptors (Lipinski definition) is 10. The number of hydrogen-bond donors (Lipinski definition) is 2. The van der Waals surface area contributed by atoms with E-state index < -0.39 is 11.9 Å². The molecule has 0 unspecified atom stereocenters. The molecule has 6 aliphatic rings. The van der Waals surface area contributed by atoms with Crippen LogP contribution in [-0.2, 0) is 23.9 Å². The first-order chi connectivity index (χ1) is 31.1. The zero-order valence-corrected chi connectivity index (χ0v) is 40.7. The van der Waals surface area contributed by atoms with E-state index in [9.17, 15) is 19.5 Å². The highest BCUT2D eigenvalue weighted by molar-refractivity contribution is 6.42. The summed E-state index contributed by atoms with van der Waals surface area (Å²) in [6.07, 6.45) is 22.9. The average Bonchev–Trinajstić information content (AvgIpc) is 4.02. The summed E-state index contributed by atoms with van der Waals surface area (Å²) >= 11 is 0. The molecule has 0 aromatic rings. The molecule has 5 heterocycles. The van der Waals surface area contributed by atoms with Gasteiger partial charge >= 0.3 is 11.9 Å². The Morgan fingerprint density at radius 3 is 2.25 bits per heavy atom. The van der Waals surface area contributed by atoms with Crippen molar-refractivity contribution >= 4 is 34.9 Å². The zero-order valence-electron chi connectivity index (χ0n) is 40.7. The van der Waals surface area contributed by atoms with Crippen LogP contribution >= 0.6 is 0 Å². The minimum Gasteiger partial charge on any atom is -0.515 e. The Hall–Kier alpha value is -5.38. The molecule has 10 nitrogen and oxygen atoms in total. The Kier molecular flexibility index (Phi) is 16.4. The molecule has 1 saturated carbocycles. The monoisotopic (exact) mass is 885 g/mol. The van der Waals surface area contributed by atoms with Crippen molar-refractivity contribution in [2.24, 2.45) is 50.5 Å². The smallest absolute Gasteiger partial charge is 0.321 e. The molecule has 10 heteroatoms. The summed E-state index contributed by atoms with van der Waals surface area (Å²) in [6.45, 7) is 23.7. The maximum atomic E-state index is 14.4. The molecule has 1 saturated heterocycles. The summed E-state index contributed by atoms with van der Waals surface area (Å²) < 4.78 is 11.0. The van der Waals surface area contributed by atoms with Gasteiger partial charge < -0.3 is 19.9 Å². The molecular formula is C55H72N4O6. The summed E-state index contributed by atoms with van der Waals surface area (Å²) in [5, 5.41) is 14.1. The van der Waals surface area contributed by atoms with Gasteiger partial charge in [0.2, 0.25) is 0 Å². The van der Waals surface area contributed by atoms with Crippen LogP contribution in [0, 0.1) is 35.5 Å². The molecule has 5 atom stereocenters. The van der Waals surface area contributed by atoms with Crippen LogP contribution in [-0.4, -0.2) is 53.7 Å². The molecular weight excluding hydrogens is 813 g/mol. The summed E-state index contributed by atoms with van der Waals surface area (Å²) in [4.78, 5) is 56.5. The van der Waals surface area contributed by atoms with Gasteiger partial charge in [-0.15, -0.1) is 0 Å². The lowest BCUT2D eigenvalue weighted by Crippen LogP contribution is -2.26. The van der Waals surface area contributed by atoms with Crippen LogP contribution in [0.3, 0.4) is 0 Å². The first-order valence-corrected chi connectivity index (χ1v) is 24.1. The summed E-state index contributed by atoms with van der Waals surface area (Å²) in [5.41, 5.74) is 10.9. The second-order valence-electron chi connectivity index (χ2n) is 19.4. The predicted molar refractivity (Wildman–Crippen MR) is 262 cm³/mol. The maximum Gasteiger partial charge on any atom is 0.321 e. The highest BCUT2D eigenvalue weighted by Crippen LogP contribution is 2.47. The van der Waals surface area contributed by atoms with Gasteiger partial charge in [-0.2, -0.15) is 0 Å². The highest BCUT2D eigenvalue weighted by Gasteiger charge is 2.52. The van der Waals surface area contributed by atoms with Crippen molar-refractivity contribution in [1.29, 1.82) is 0 Å². The minimum atomic E-state index is -1.23. The van der Waals surface area contributed by atoms with Gasteiger partial charge in [-0.05, 0) is 105 Å². The number of fused-ring (bicyclic) bond motifs is 5. The fourth-order valence-electron chi connectivity index (χ4n) is 10.1. The molecule has 0 amide bonds. The topological polar surface area (TPSA) is 139 Å². The van der Waals surface area contributed by atoms with Crippen LogP contribution in [0.5, 0.6) is 0 Å². The molecule has 0 aromatic carbocycles. The van der Waals surface area contributed by atoms with E-state index in [1.165, 1.54) is 57.6 Å². The largest absolute Gasteiger partial charge is 0.515 e. The van der Waals surface area contributed by atoms with Gasteiger partial charge in [0, 0.05) is 51.9 Å². The van der Waals surface area contributed by atoms with Gasteiger partial charge in [-0.3, -0.25) is 14.4 Å². The zero-order chi connectivity index (χ0) is 47.1. The van der Waals surface area contributed by atoms with Crippen LogP contribution in [0.15, 0.2) is 131 Å². The van der Waals surface area contributed by atoms with Gasteiger partial charge in [0.1, 0.15) is 12.5 Å². The molecule has 0 radical (unpaired) electrons. The maximum absolute atomic E-state index is 14.4. The number of methoxy groups -OCH3 is 1. The van der Waals surface area contributed by atoms with Crippen molar-refractivity contribution in [2.45, 2.75) is 139 Å². The van der Waals surface area contributed by atoms with E-state index in [0.717, 1.165) is 53.4 Å². The quantitative estimate of drug-likeness (QED) is 0.0537. The molecule has 0 spiro atoms. The lowest BCUT2D eigenvalue weighted by molar-refractivity contribution is -0.146. The summed E-state index contributed by atoms with van der Waals surface area (Å²) in [6, 6.07) is 0. The first kappa shape index (κ1) is 49.1. The van der Waals surface area contributed by atoms with E-state index in [1.807, 2.05) is 45.1 Å². The number of esters is 2. The van der Waals surface area contributed by atoms with Crippen molar-refractivity contribution in [1.82, 2.24) is 5.32 Å². The second kappa shape index (κ2) is 21.7. The molecule has 8 bridgehead atoms. The Morgan fingerprint density at radius 1 is 0.908 bits per heavy atom. The highest BCUT2D eigenvalue weighted by atomic mass is 16.5. The number of allylic oxidation sites excluding steroid dienone is 12. The Morgan fingerprint density at radius 2 is 1.60 bits per heavy atom. The van der Waals surface area contributed by atoms with Crippen molar-refractivity contribution in [3.8, 4) is 0 Å². The first-order valence-electron chi connectivity index (χ1n) is 24.1. The van der Waals surface area contributed by atoms with Crippen molar-refractivity contribution < 1.29 is 29.0 Å². The number of carbonyl (C=O) groups excluding carboxylic acids is 3. The van der Waals surface area contributed by atoms with Gasteiger partial charge in [-0.1, -0.05) is 105 Å². The van der Waals surface area contributed by atoms with Crippen LogP contribution in [0.2, 0.25) is 0 Å². The number of aliphatic hydroxyl groups is 1. The fraction of sp³-hybridized carbons (Fsp3) is 0.527. The third-order valence-electron chi connectivity index (χ3n) is 14.2. The van der Waals surface area contributed by atoms with Gasteiger partial charge in [0.15, 0.2) is 5.78 Å². The number of aliphatic imine (C=N–C) groups is 3. The number of ketones is 1. The molecule has 2 N–H and O–H groups in total. The standard InChI is InChI=1S/C55H72N4O6/c1-12-38-35(8)42-27-43-36(9)40(23-24-48(61)65-26-25-34(7)22-16-21-33(6)20-15-19-32(5)18-14-17-31(3)4)52(58-43)50-51(55(63)64-11)54(62)49-37(10)44(59-53(49)50)28-46-39(13-2)41(30-60)47(57-46)29-45(38)56-42/h12,25,27-33,36,40,51,58,60H,1,13-24,26H2,2-11H3/b34-25+,41-30-,43-27?,44-28?,45-29?,52-50?/t32-,33-,36-,40+,51-/m1/s1. The Bertz CT molecular complexity index is 2350. The van der Waals surface area contributed by atoms with E-state index >= 15 is 0 Å². The molecule has 65 heavy (non-hydrogen) atoms. The number of ether oxygens (including phenoxy) is 2. The van der Waals surface area contributed by atoms with Gasteiger partial charge in [-0.25, -0.2) is 15.0 Å². The second-order valence-corrected chi connectivity index (χ2v) is 19.4. The molecule has 0 aromatic heterocycles. The van der Waals surface area contributed by atoms with E-state index in [1.54, 1.807) is 6.08 Å². The third-order valence-corrected chi connectivity index (χ3v) is 14.2. The molecule has 6 rings (SSSR count). The van der Waals surface area contributed by atoms with Crippen molar-refractivity contribution in [2.75, 3.05) is 13.7 Å². The Balaban J connectivity index is 1.21. The fourth-order valence-corrected chi connectivity index (χ4v) is 10.1. The van der Waals surface area contributed by atoms with Crippen LogP contribution in [0.25, 0.3) is 0 Å². The van der Waals surface area contributed by atoms with Gasteiger partial charge in [0.05, 0.1) is 47.6 Å². The van der Waals surface area contributed by atoms with Crippen molar-refractivity contribution in [3.63, 3.8) is 0 Å². The Labute approximate surface area is 387 Å². The minimum absolute atomic E-state index is 0.139. The van der Waals surface area contributed by atoms with Crippen molar-refractivity contribution in [3.05, 3.63) is 116 Å². The average molecular weight is 885 g/mol. The summed E-state index contributed by atoms with van der Waals surface area (Å²) in [7, 11) is 1.29. The number of nitrogens with zero attached hydrogens (tertiary/aromatic N) is 3. The number of nitrogens with one attached hydrogen (secondary N) is 1. The summed E-state index contributed by atoms with van der Waals surface area (Å²) in [5.74, 6) is -0.732. The van der Waals surface area contributed by atoms with E-state index in [0.29, 0.717) is 81.0 Å². The molecule has 2 fully saturated rings. The normalized spacial score (nSPS) is 23.2. The molecule has 348 valence electrons. The van der Waals surface area contributed by atoms with E-state index in [4.69, 9.17) is 24.5 Å². The number of carbonyl (C=O) groups is 3. The van der Waals surface area contributed by atoms with E-state index in [2.05, 4.69) is 53.4 Å². The lowest BCUT2D eigenvalue weighted by Gasteiger charge is -2.19. The molecule has 5 aliphatic heterocycles. The SMILES string of the molecule is C=CC1=C(C)C2=NC1=CC1=NC(=C(CC)/C1=C/O)C=C1N=C3C(=C1C)C(=O)[C@H](C(=O)OC)C3=C1NC(=C2)[C@H](C)[C@@H]1CCC(=O)OC/C=C(\C)CCC[C@H](C)CCC[C@H](C)CCCC(C)C. The van der Waals surface area contributed by atoms with Crippen LogP contribution in [0.1, 0.15) is 139 Å². The number of Topliss-reactive ketones (excluding diaryl/α,β-unsaturated/α-hetero) is 1.